The lowest BCUT2D eigenvalue weighted by Crippen LogP contribution is -2.37. The lowest BCUT2D eigenvalue weighted by atomic mass is 10.1. The quantitative estimate of drug-likeness (QED) is 0.591. The molecule has 8 nitrogen and oxygen atoms in total. The summed E-state index contributed by atoms with van der Waals surface area (Å²) in [6, 6.07) is 12.3. The highest BCUT2D eigenvalue weighted by Crippen LogP contribution is 2.19. The Balaban J connectivity index is 1.91. The Morgan fingerprint density at radius 3 is 2.28 bits per heavy atom. The molecule has 2 aromatic carbocycles. The van der Waals surface area contributed by atoms with Crippen LogP contribution in [0.3, 0.4) is 0 Å². The molecule has 0 saturated heterocycles. The highest BCUT2D eigenvalue weighted by atomic mass is 35.5. The van der Waals surface area contributed by atoms with Crippen molar-refractivity contribution in [3.63, 3.8) is 0 Å². The topological polar surface area (TPSA) is 124 Å². The van der Waals surface area contributed by atoms with E-state index in [2.05, 4.69) is 9.82 Å². The molecule has 11 heteroatoms. The monoisotopic (exact) mass is 452 g/mol. The SMILES string of the molecule is NC(=O)C(NS(=O)(=O)c1ccc(-n2ncc(Cl)c(Cl)c2=O)cc1)c1ccccc1. The van der Waals surface area contributed by atoms with Gasteiger partial charge in [0.25, 0.3) is 5.56 Å². The number of nitrogens with zero attached hydrogens (tertiary/aromatic N) is 2. The Morgan fingerprint density at radius 1 is 1.07 bits per heavy atom. The second-order valence-corrected chi connectivity index (χ2v) is 8.38. The smallest absolute Gasteiger partial charge is 0.291 e. The van der Waals surface area contributed by atoms with Crippen LogP contribution in [-0.4, -0.2) is 24.1 Å². The second-order valence-electron chi connectivity index (χ2n) is 5.88. The molecule has 29 heavy (non-hydrogen) atoms. The van der Waals surface area contributed by atoms with E-state index in [0.29, 0.717) is 5.56 Å². The summed E-state index contributed by atoms with van der Waals surface area (Å²) in [6.45, 7) is 0. The van der Waals surface area contributed by atoms with E-state index in [0.717, 1.165) is 4.68 Å². The van der Waals surface area contributed by atoms with E-state index in [4.69, 9.17) is 28.9 Å². The average Bonchev–Trinajstić information content (AvgIpc) is 2.71. The summed E-state index contributed by atoms with van der Waals surface area (Å²) in [5, 5.41) is 3.68. The number of aromatic nitrogens is 2. The molecule has 3 rings (SSSR count). The number of amides is 1. The number of nitrogens with two attached hydrogens (primary N) is 1. The zero-order chi connectivity index (χ0) is 21.2. The molecule has 0 aliphatic rings. The summed E-state index contributed by atoms with van der Waals surface area (Å²) in [5.41, 5.74) is 5.40. The number of carbonyl (C=O) groups excluding carboxylic acids is 1. The summed E-state index contributed by atoms with van der Waals surface area (Å²) in [5.74, 6) is -0.844. The number of hydrogen-bond acceptors (Lipinski definition) is 5. The number of carbonyl (C=O) groups is 1. The van der Waals surface area contributed by atoms with Crippen molar-refractivity contribution >= 4 is 39.1 Å². The number of hydrogen-bond donors (Lipinski definition) is 2. The van der Waals surface area contributed by atoms with Crippen LogP contribution in [0.1, 0.15) is 11.6 Å². The van der Waals surface area contributed by atoms with E-state index >= 15 is 0 Å². The Hall–Kier alpha value is -2.72. The molecule has 0 aliphatic carbocycles. The molecule has 1 amide bonds. The highest BCUT2D eigenvalue weighted by Gasteiger charge is 2.25. The normalized spacial score (nSPS) is 12.5. The fourth-order valence-electron chi connectivity index (χ4n) is 2.52. The molecule has 0 saturated carbocycles. The van der Waals surface area contributed by atoms with Crippen molar-refractivity contribution in [2.24, 2.45) is 5.73 Å². The maximum Gasteiger partial charge on any atom is 0.291 e. The first-order valence-corrected chi connectivity index (χ1v) is 10.3. The van der Waals surface area contributed by atoms with Crippen LogP contribution in [0.25, 0.3) is 5.69 Å². The molecule has 150 valence electrons. The Morgan fingerprint density at radius 2 is 1.69 bits per heavy atom. The summed E-state index contributed by atoms with van der Waals surface area (Å²) in [7, 11) is -4.08. The fourth-order valence-corrected chi connectivity index (χ4v) is 3.97. The van der Waals surface area contributed by atoms with Crippen molar-refractivity contribution < 1.29 is 13.2 Å². The maximum atomic E-state index is 12.7. The van der Waals surface area contributed by atoms with Gasteiger partial charge < -0.3 is 5.73 Å². The van der Waals surface area contributed by atoms with Gasteiger partial charge in [-0.3, -0.25) is 9.59 Å². The largest absolute Gasteiger partial charge is 0.368 e. The standard InChI is InChI=1S/C18H14Cl2N4O4S/c19-14-10-22-24(18(26)15(14)20)12-6-8-13(9-7-12)29(27,28)23-16(17(21)25)11-4-2-1-3-5-11/h1-10,16,23H,(H2,21,25). The highest BCUT2D eigenvalue weighted by molar-refractivity contribution is 7.89. The number of nitrogens with one attached hydrogen (secondary N) is 1. The third-order valence-electron chi connectivity index (χ3n) is 3.96. The molecule has 1 heterocycles. The van der Waals surface area contributed by atoms with Crippen molar-refractivity contribution in [2.75, 3.05) is 0 Å². The first-order chi connectivity index (χ1) is 13.7. The van der Waals surface area contributed by atoms with Gasteiger partial charge in [-0.05, 0) is 29.8 Å². The first kappa shape index (κ1) is 21.0. The maximum absolute atomic E-state index is 12.7. The van der Waals surface area contributed by atoms with E-state index in [1.54, 1.807) is 30.3 Å². The minimum Gasteiger partial charge on any atom is -0.368 e. The Labute approximate surface area is 175 Å². The van der Waals surface area contributed by atoms with Gasteiger partial charge in [0.15, 0.2) is 0 Å². The minimum absolute atomic E-state index is 0.00900. The minimum atomic E-state index is -4.08. The zero-order valence-electron chi connectivity index (χ0n) is 14.6. The van der Waals surface area contributed by atoms with Crippen LogP contribution >= 0.6 is 23.2 Å². The fraction of sp³-hybridized carbons (Fsp3) is 0.0556. The molecular formula is C18H14Cl2N4O4S. The predicted octanol–water partition coefficient (Wildman–Crippen LogP) is 2.04. The van der Waals surface area contributed by atoms with Gasteiger partial charge in [0.05, 0.1) is 21.8 Å². The third-order valence-corrected chi connectivity index (χ3v) is 6.15. The molecule has 0 fully saturated rings. The molecule has 1 atom stereocenters. The first-order valence-electron chi connectivity index (χ1n) is 8.11. The predicted molar refractivity (Wildman–Crippen MR) is 109 cm³/mol. The number of sulfonamides is 1. The van der Waals surface area contributed by atoms with Crippen molar-refractivity contribution in [3.05, 3.63) is 86.8 Å². The van der Waals surface area contributed by atoms with Crippen LogP contribution < -0.4 is 16.0 Å². The zero-order valence-corrected chi connectivity index (χ0v) is 16.9. The van der Waals surface area contributed by atoms with Crippen molar-refractivity contribution in [2.45, 2.75) is 10.9 Å². The molecular weight excluding hydrogens is 439 g/mol. The summed E-state index contributed by atoms with van der Waals surface area (Å²) < 4.78 is 28.7. The van der Waals surface area contributed by atoms with Crippen LogP contribution in [0, 0.1) is 0 Å². The molecule has 1 aromatic heterocycles. The van der Waals surface area contributed by atoms with Crippen LogP contribution in [0.4, 0.5) is 0 Å². The van der Waals surface area contributed by atoms with Gasteiger partial charge in [-0.15, -0.1) is 0 Å². The lowest BCUT2D eigenvalue weighted by molar-refractivity contribution is -0.119. The number of rotatable bonds is 6. The van der Waals surface area contributed by atoms with E-state index < -0.39 is 27.5 Å². The van der Waals surface area contributed by atoms with E-state index in [1.807, 2.05) is 0 Å². The Kier molecular flexibility index (Phi) is 6.04. The molecule has 0 bridgehead atoms. The lowest BCUT2D eigenvalue weighted by Gasteiger charge is -2.16. The van der Waals surface area contributed by atoms with Gasteiger partial charge in [-0.25, -0.2) is 8.42 Å². The molecule has 0 aliphatic heterocycles. The Bertz CT molecular complexity index is 1210. The molecule has 0 spiro atoms. The second kappa shape index (κ2) is 8.34. The van der Waals surface area contributed by atoms with Crippen LogP contribution in [0.15, 0.2) is 70.5 Å². The number of primary amides is 1. The molecule has 3 N–H and O–H groups in total. The summed E-state index contributed by atoms with van der Waals surface area (Å²) in [4.78, 5) is 23.8. The van der Waals surface area contributed by atoms with E-state index in [1.165, 1.54) is 30.5 Å². The van der Waals surface area contributed by atoms with Crippen LogP contribution in [-0.2, 0) is 14.8 Å². The van der Waals surface area contributed by atoms with Crippen LogP contribution in [0.5, 0.6) is 0 Å². The molecule has 1 unspecified atom stereocenters. The van der Waals surface area contributed by atoms with Crippen molar-refractivity contribution in [1.29, 1.82) is 0 Å². The van der Waals surface area contributed by atoms with E-state index in [-0.39, 0.29) is 20.6 Å². The van der Waals surface area contributed by atoms with Crippen LogP contribution in [0.2, 0.25) is 10.0 Å². The number of benzene rings is 2. The number of halogens is 2. The third kappa shape index (κ3) is 4.48. The van der Waals surface area contributed by atoms with E-state index in [9.17, 15) is 18.0 Å². The molecule has 3 aromatic rings. The van der Waals surface area contributed by atoms with Crippen molar-refractivity contribution in [1.82, 2.24) is 14.5 Å². The summed E-state index contributed by atoms with van der Waals surface area (Å²) >= 11 is 11.6. The van der Waals surface area contributed by atoms with Gasteiger partial charge in [0.1, 0.15) is 11.1 Å². The summed E-state index contributed by atoms with van der Waals surface area (Å²) in [6.07, 6.45) is 1.20. The van der Waals surface area contributed by atoms with Gasteiger partial charge in [-0.2, -0.15) is 14.5 Å². The van der Waals surface area contributed by atoms with Crippen molar-refractivity contribution in [3.8, 4) is 5.69 Å². The van der Waals surface area contributed by atoms with Gasteiger partial charge >= 0.3 is 0 Å². The van der Waals surface area contributed by atoms with Gasteiger partial charge in [0.2, 0.25) is 15.9 Å². The van der Waals surface area contributed by atoms with Gasteiger partial charge in [0, 0.05) is 0 Å². The van der Waals surface area contributed by atoms with Gasteiger partial charge in [-0.1, -0.05) is 53.5 Å². The average molecular weight is 453 g/mol. The molecule has 0 radical (unpaired) electrons.